The molecule has 5 amide bonds. The number of nitrogens with zero attached hydrogens (tertiary/aromatic N) is 1. The van der Waals surface area contributed by atoms with E-state index in [9.17, 15) is 28.8 Å². The van der Waals surface area contributed by atoms with Crippen molar-refractivity contribution >= 4 is 35.3 Å². The molecule has 3 fully saturated rings. The molecule has 0 aromatic heterocycles. The van der Waals surface area contributed by atoms with Gasteiger partial charge in [0.15, 0.2) is 5.78 Å². The number of urea groups is 1. The summed E-state index contributed by atoms with van der Waals surface area (Å²) in [7, 11) is 0. The van der Waals surface area contributed by atoms with Gasteiger partial charge in [-0.15, -0.1) is 0 Å². The highest BCUT2D eigenvalue weighted by atomic mass is 16.2. The van der Waals surface area contributed by atoms with Crippen molar-refractivity contribution in [2.75, 3.05) is 13.1 Å². The fourth-order valence-electron chi connectivity index (χ4n) is 6.35. The number of Topliss-reactive ketones (excluding diaryl/α,β-unsaturated/α-hetero) is 2. The number of carbonyl (C=O) groups is 6. The highest BCUT2D eigenvalue weighted by molar-refractivity contribution is 6.38. The Kier molecular flexibility index (Phi) is 10.1. The summed E-state index contributed by atoms with van der Waals surface area (Å²) in [6, 6.07) is -4.05. The van der Waals surface area contributed by atoms with Crippen LogP contribution < -0.4 is 21.3 Å². The molecule has 11 heteroatoms. The maximum Gasteiger partial charge on any atom is 0.316 e. The van der Waals surface area contributed by atoms with Crippen LogP contribution in [0.4, 0.5) is 4.79 Å². The Hall–Kier alpha value is -2.98. The number of nitrogens with one attached hydrogen (secondary N) is 4. The SMILES string of the molecule is CCCC(NC(=O)[C@@H]1[C@@H]2[C@H](CN1C(=O)[C@@H](NC(=O)N[C@H](C(=O)C1CC1)C(C)C)C(C)(C)C)C2(C)C)C(=O)C(=O)NCC. The summed E-state index contributed by atoms with van der Waals surface area (Å²) in [4.78, 5) is 80.5. The number of piperidine rings is 1. The molecule has 1 unspecified atom stereocenters. The highest BCUT2D eigenvalue weighted by Gasteiger charge is 2.70. The van der Waals surface area contributed by atoms with Gasteiger partial charge in [0.25, 0.3) is 5.91 Å². The van der Waals surface area contributed by atoms with E-state index >= 15 is 0 Å². The minimum atomic E-state index is -0.994. The largest absolute Gasteiger partial charge is 0.350 e. The Morgan fingerprint density at radius 1 is 0.952 bits per heavy atom. The predicted octanol–water partition coefficient (Wildman–Crippen LogP) is 2.18. The molecule has 4 N–H and O–H groups in total. The molecule has 0 aromatic carbocycles. The standard InChI is InChI=1S/C31H51N5O6/c1-10-12-19(24(38)27(40)32-11-2)33-26(39)22-20-18(31(20,8)9)15-36(22)28(41)25(30(5,6)7)35-29(42)34-21(16(3)4)23(37)17-13-14-17/h16-22,25H,10-15H2,1-9H3,(H,32,40)(H,33,39)(H2,34,35,42)/t18-,19?,20-,21-,22-,25+/m0/s1. The Morgan fingerprint density at radius 3 is 2.07 bits per heavy atom. The van der Waals surface area contributed by atoms with E-state index in [1.165, 1.54) is 4.90 Å². The maximum absolute atomic E-state index is 14.1. The summed E-state index contributed by atoms with van der Waals surface area (Å²) in [5, 5.41) is 10.9. The molecule has 11 nitrogen and oxygen atoms in total. The minimum absolute atomic E-state index is 0.0150. The van der Waals surface area contributed by atoms with Gasteiger partial charge in [-0.3, -0.25) is 24.0 Å². The number of ketones is 2. The van der Waals surface area contributed by atoms with Crippen LogP contribution in [-0.4, -0.2) is 77.5 Å². The van der Waals surface area contributed by atoms with Gasteiger partial charge in [0, 0.05) is 19.0 Å². The van der Waals surface area contributed by atoms with Gasteiger partial charge in [-0.2, -0.15) is 0 Å². The van der Waals surface area contributed by atoms with Crippen molar-refractivity contribution in [3.05, 3.63) is 0 Å². The lowest BCUT2D eigenvalue weighted by Gasteiger charge is -2.38. The Bertz CT molecular complexity index is 1090. The van der Waals surface area contributed by atoms with E-state index < -0.39 is 59.1 Å². The van der Waals surface area contributed by atoms with E-state index in [0.29, 0.717) is 25.9 Å². The zero-order chi connectivity index (χ0) is 31.7. The van der Waals surface area contributed by atoms with Gasteiger partial charge in [0.05, 0.1) is 12.1 Å². The van der Waals surface area contributed by atoms with E-state index in [2.05, 4.69) is 35.1 Å². The number of hydrogen-bond donors (Lipinski definition) is 4. The number of hydrogen-bond acceptors (Lipinski definition) is 6. The molecule has 3 aliphatic rings. The van der Waals surface area contributed by atoms with Crippen LogP contribution in [0.5, 0.6) is 0 Å². The lowest BCUT2D eigenvalue weighted by molar-refractivity contribution is -0.145. The van der Waals surface area contributed by atoms with Crippen molar-refractivity contribution in [3.63, 3.8) is 0 Å². The number of amides is 5. The number of likely N-dealkylation sites (tertiary alicyclic amines) is 1. The zero-order valence-corrected chi connectivity index (χ0v) is 26.8. The second-order valence-electron chi connectivity index (χ2n) is 14.3. The van der Waals surface area contributed by atoms with Crippen molar-refractivity contribution in [3.8, 4) is 0 Å². The van der Waals surface area contributed by atoms with E-state index in [4.69, 9.17) is 0 Å². The van der Waals surface area contributed by atoms with Crippen LogP contribution in [0.3, 0.4) is 0 Å². The second-order valence-corrected chi connectivity index (χ2v) is 14.3. The summed E-state index contributed by atoms with van der Waals surface area (Å²) in [6.45, 7) is 17.6. The van der Waals surface area contributed by atoms with Gasteiger partial charge in [0.2, 0.25) is 17.6 Å². The topological polar surface area (TPSA) is 154 Å². The summed E-state index contributed by atoms with van der Waals surface area (Å²) in [5.74, 6) is -2.44. The van der Waals surface area contributed by atoms with Gasteiger partial charge in [-0.25, -0.2) is 4.79 Å². The Labute approximate surface area is 250 Å². The fraction of sp³-hybridized carbons (Fsp3) is 0.806. The first-order valence-electron chi connectivity index (χ1n) is 15.5. The molecule has 2 saturated carbocycles. The van der Waals surface area contributed by atoms with Crippen LogP contribution in [0, 0.1) is 34.5 Å². The molecule has 236 valence electrons. The molecule has 1 saturated heterocycles. The number of likely N-dealkylation sites (N-methyl/N-ethyl adjacent to an activating group) is 1. The molecule has 0 bridgehead atoms. The van der Waals surface area contributed by atoms with Crippen LogP contribution in [0.2, 0.25) is 0 Å². The molecule has 6 atom stereocenters. The first kappa shape index (κ1) is 33.5. The monoisotopic (exact) mass is 589 g/mol. The lowest BCUT2D eigenvalue weighted by atomic mass is 9.85. The smallest absolute Gasteiger partial charge is 0.316 e. The van der Waals surface area contributed by atoms with Crippen molar-refractivity contribution < 1.29 is 28.8 Å². The number of fused-ring (bicyclic) bond motifs is 1. The molecule has 1 aliphatic heterocycles. The third-order valence-electron chi connectivity index (χ3n) is 9.16. The normalized spacial score (nSPS) is 24.6. The quantitative estimate of drug-likeness (QED) is 0.242. The molecule has 3 rings (SSSR count). The van der Waals surface area contributed by atoms with Gasteiger partial charge in [-0.05, 0) is 54.8 Å². The summed E-state index contributed by atoms with van der Waals surface area (Å²) in [6.07, 6.45) is 2.54. The molecule has 0 radical (unpaired) electrons. The molecule has 42 heavy (non-hydrogen) atoms. The van der Waals surface area contributed by atoms with Gasteiger partial charge < -0.3 is 26.2 Å². The van der Waals surface area contributed by atoms with Gasteiger partial charge in [-0.1, -0.05) is 61.8 Å². The fourth-order valence-corrected chi connectivity index (χ4v) is 6.35. The molecule has 0 spiro atoms. The van der Waals surface area contributed by atoms with Gasteiger partial charge in [0.1, 0.15) is 12.1 Å². The van der Waals surface area contributed by atoms with Crippen LogP contribution in [-0.2, 0) is 24.0 Å². The predicted molar refractivity (Wildman–Crippen MR) is 158 cm³/mol. The lowest BCUT2D eigenvalue weighted by Crippen LogP contribution is -2.62. The second kappa shape index (κ2) is 12.7. The molecule has 2 aliphatic carbocycles. The van der Waals surface area contributed by atoms with Crippen LogP contribution in [0.25, 0.3) is 0 Å². The van der Waals surface area contributed by atoms with Crippen molar-refractivity contribution in [2.45, 2.75) is 112 Å². The average molecular weight is 590 g/mol. The highest BCUT2D eigenvalue weighted by Crippen LogP contribution is 2.65. The van der Waals surface area contributed by atoms with E-state index in [-0.39, 0.29) is 34.9 Å². The van der Waals surface area contributed by atoms with Crippen molar-refractivity contribution in [2.24, 2.45) is 34.5 Å². The summed E-state index contributed by atoms with van der Waals surface area (Å²) in [5.41, 5.74) is -0.872. The van der Waals surface area contributed by atoms with Gasteiger partial charge >= 0.3 is 6.03 Å². The van der Waals surface area contributed by atoms with Crippen molar-refractivity contribution in [1.82, 2.24) is 26.2 Å². The van der Waals surface area contributed by atoms with Crippen LogP contribution in [0.1, 0.15) is 88.0 Å². The zero-order valence-electron chi connectivity index (χ0n) is 26.8. The maximum atomic E-state index is 14.1. The number of carbonyl (C=O) groups excluding carboxylic acids is 6. The van der Waals surface area contributed by atoms with E-state index in [1.54, 1.807) is 6.92 Å². The molecular weight excluding hydrogens is 538 g/mol. The summed E-state index contributed by atoms with van der Waals surface area (Å²) < 4.78 is 0. The molecule has 0 aromatic rings. The minimum Gasteiger partial charge on any atom is -0.350 e. The van der Waals surface area contributed by atoms with E-state index in [0.717, 1.165) is 12.8 Å². The first-order chi connectivity index (χ1) is 19.5. The van der Waals surface area contributed by atoms with Crippen LogP contribution >= 0.6 is 0 Å². The average Bonchev–Trinajstić information content (AvgIpc) is 3.77. The third kappa shape index (κ3) is 7.14. The summed E-state index contributed by atoms with van der Waals surface area (Å²) >= 11 is 0. The third-order valence-corrected chi connectivity index (χ3v) is 9.16. The van der Waals surface area contributed by atoms with E-state index in [1.807, 2.05) is 41.5 Å². The first-order valence-corrected chi connectivity index (χ1v) is 15.5. The number of rotatable bonds is 13. The Morgan fingerprint density at radius 2 is 1.57 bits per heavy atom. The molecular formula is C31H51N5O6. The Balaban J connectivity index is 1.81. The molecule has 1 heterocycles. The van der Waals surface area contributed by atoms with Crippen molar-refractivity contribution in [1.29, 1.82) is 0 Å². The van der Waals surface area contributed by atoms with Crippen LogP contribution in [0.15, 0.2) is 0 Å².